The molecule has 308 valence electrons. The van der Waals surface area contributed by atoms with E-state index in [4.69, 9.17) is 37.9 Å². The second kappa shape index (κ2) is 18.2. The van der Waals surface area contributed by atoms with Crippen molar-refractivity contribution in [2.24, 2.45) is 0 Å². The van der Waals surface area contributed by atoms with Crippen LogP contribution in [-0.4, -0.2) is 35.8 Å². The van der Waals surface area contributed by atoms with Gasteiger partial charge in [0.1, 0.15) is 18.1 Å². The van der Waals surface area contributed by atoms with Crippen LogP contribution in [0.15, 0.2) is 127 Å². The smallest absolute Gasteiger partial charge is 0.272 e. The number of hydrogen-bond acceptors (Lipinski definition) is 6. The van der Waals surface area contributed by atoms with Gasteiger partial charge in [0.25, 0.3) is 5.91 Å². The van der Waals surface area contributed by atoms with E-state index in [2.05, 4.69) is 71.7 Å². The van der Waals surface area contributed by atoms with Gasteiger partial charge in [0, 0.05) is 31.7 Å². The summed E-state index contributed by atoms with van der Waals surface area (Å²) in [5.74, 6) is 1.07. The second-order valence-corrected chi connectivity index (χ2v) is 16.7. The van der Waals surface area contributed by atoms with Crippen LogP contribution in [0.25, 0.3) is 11.1 Å². The maximum absolute atomic E-state index is 14.3. The lowest BCUT2D eigenvalue weighted by Crippen LogP contribution is -2.52. The first-order valence-corrected chi connectivity index (χ1v) is 21.3. The Morgan fingerprint density at radius 3 is 2.25 bits per heavy atom. The summed E-state index contributed by atoms with van der Waals surface area (Å²) in [6.07, 6.45) is 1.23. The maximum Gasteiger partial charge on any atom is 0.272 e. The predicted octanol–water partition coefficient (Wildman–Crippen LogP) is 10.4. The highest BCUT2D eigenvalue weighted by Gasteiger charge is 2.38. The number of carbonyl (C=O) groups excluding carboxylic acids is 2. The predicted molar refractivity (Wildman–Crippen MR) is 241 cm³/mol. The Bertz CT molecular complexity index is 2610. The average Bonchev–Trinajstić information content (AvgIpc) is 3.28. The number of amides is 2. The lowest BCUT2D eigenvalue weighted by molar-refractivity contribution is -0.128. The standard InChI is InChI=1S/C51H46Cl2N4O4/c1-4-36-7-5-6-8-40(36)29-57-30-42-27-48-46(56(3)51(59)49(61-48)39-18-20-43(21-19-39)60-31-35-13-22-44(52)45(53)24-35)25-41(42)26-47(57)50(58)55-32(2)23-33-9-14-37(15-10-33)38-16-11-34(28-54)12-17-38/h5-22,24-25,27,32,47,49H,4,23,26,29-31H2,1-3H3,(H,55,58)/t32-,47?,49-/m0/s1. The van der Waals surface area contributed by atoms with Gasteiger partial charge in [-0.15, -0.1) is 0 Å². The van der Waals surface area contributed by atoms with Crippen LogP contribution < -0.4 is 19.7 Å². The summed E-state index contributed by atoms with van der Waals surface area (Å²) in [4.78, 5) is 32.1. The summed E-state index contributed by atoms with van der Waals surface area (Å²) in [7, 11) is 1.78. The molecule has 6 aromatic rings. The summed E-state index contributed by atoms with van der Waals surface area (Å²) in [5.41, 5.74) is 10.7. The van der Waals surface area contributed by atoms with Crippen molar-refractivity contribution in [2.45, 2.75) is 71.0 Å². The number of halogens is 2. The third-order valence-corrected chi connectivity index (χ3v) is 12.4. The average molecular weight is 850 g/mol. The van der Waals surface area contributed by atoms with Gasteiger partial charge in [0.15, 0.2) is 0 Å². The molecule has 0 aromatic heterocycles. The summed E-state index contributed by atoms with van der Waals surface area (Å²) in [5, 5.41) is 13.5. The van der Waals surface area contributed by atoms with Gasteiger partial charge in [0.2, 0.25) is 12.0 Å². The molecule has 1 unspecified atom stereocenters. The van der Waals surface area contributed by atoms with E-state index in [1.807, 2.05) is 73.7 Å². The first-order valence-electron chi connectivity index (χ1n) is 20.5. The molecule has 8 nitrogen and oxygen atoms in total. The minimum atomic E-state index is -0.831. The van der Waals surface area contributed by atoms with Crippen molar-refractivity contribution < 1.29 is 19.1 Å². The molecule has 2 aliphatic rings. The van der Waals surface area contributed by atoms with E-state index in [0.29, 0.717) is 70.9 Å². The topological polar surface area (TPSA) is 94.9 Å². The van der Waals surface area contributed by atoms with Crippen LogP contribution in [0.4, 0.5) is 5.69 Å². The highest BCUT2D eigenvalue weighted by atomic mass is 35.5. The number of rotatable bonds is 12. The van der Waals surface area contributed by atoms with Crippen molar-refractivity contribution in [3.63, 3.8) is 0 Å². The number of nitrogens with one attached hydrogen (secondary N) is 1. The van der Waals surface area contributed by atoms with Crippen molar-refractivity contribution in [1.82, 2.24) is 10.2 Å². The molecule has 61 heavy (non-hydrogen) atoms. The van der Waals surface area contributed by atoms with Crippen LogP contribution in [0.3, 0.4) is 0 Å². The fraction of sp³-hybridized carbons (Fsp3) is 0.235. The van der Waals surface area contributed by atoms with Gasteiger partial charge >= 0.3 is 0 Å². The molecule has 0 saturated carbocycles. The minimum Gasteiger partial charge on any atom is -0.489 e. The maximum atomic E-state index is 14.3. The van der Waals surface area contributed by atoms with Gasteiger partial charge < -0.3 is 19.7 Å². The van der Waals surface area contributed by atoms with Gasteiger partial charge in [-0.3, -0.25) is 14.5 Å². The molecule has 0 saturated heterocycles. The highest BCUT2D eigenvalue weighted by molar-refractivity contribution is 6.42. The van der Waals surface area contributed by atoms with Crippen molar-refractivity contribution in [3.05, 3.63) is 182 Å². The fourth-order valence-electron chi connectivity index (χ4n) is 8.25. The number of aryl methyl sites for hydroxylation is 1. The van der Waals surface area contributed by atoms with Crippen LogP contribution in [0.2, 0.25) is 10.0 Å². The van der Waals surface area contributed by atoms with Crippen molar-refractivity contribution in [1.29, 1.82) is 5.26 Å². The first-order chi connectivity index (χ1) is 29.6. The Morgan fingerprint density at radius 2 is 1.56 bits per heavy atom. The lowest BCUT2D eigenvalue weighted by Gasteiger charge is -2.39. The number of fused-ring (bicyclic) bond motifs is 2. The van der Waals surface area contributed by atoms with Crippen LogP contribution in [-0.2, 0) is 48.5 Å². The van der Waals surface area contributed by atoms with Crippen LogP contribution in [0, 0.1) is 11.3 Å². The molecule has 1 N–H and O–H groups in total. The second-order valence-electron chi connectivity index (χ2n) is 15.8. The number of nitrogens with zero attached hydrogens (tertiary/aromatic N) is 3. The number of ether oxygens (including phenoxy) is 2. The largest absolute Gasteiger partial charge is 0.489 e. The Labute approximate surface area is 367 Å². The Kier molecular flexibility index (Phi) is 12.4. The number of hydrogen-bond donors (Lipinski definition) is 1. The zero-order valence-corrected chi connectivity index (χ0v) is 35.8. The Balaban J connectivity index is 0.986. The van der Waals surface area contributed by atoms with Crippen LogP contribution in [0.5, 0.6) is 11.5 Å². The quantitative estimate of drug-likeness (QED) is 0.132. The molecule has 2 aliphatic heterocycles. The van der Waals surface area contributed by atoms with Crippen molar-refractivity contribution >= 4 is 40.7 Å². The molecule has 6 aromatic carbocycles. The molecular formula is C51H46Cl2N4O4. The van der Waals surface area contributed by atoms with E-state index in [-0.39, 0.29) is 17.9 Å². The molecule has 0 aliphatic carbocycles. The summed E-state index contributed by atoms with van der Waals surface area (Å²) in [6.45, 7) is 5.67. The molecule has 10 heteroatoms. The molecule has 0 radical (unpaired) electrons. The number of benzene rings is 6. The summed E-state index contributed by atoms with van der Waals surface area (Å²) in [6, 6.07) is 42.8. The van der Waals surface area contributed by atoms with E-state index >= 15 is 0 Å². The van der Waals surface area contributed by atoms with E-state index in [0.717, 1.165) is 39.8 Å². The Morgan fingerprint density at radius 1 is 0.869 bits per heavy atom. The molecule has 2 heterocycles. The van der Waals surface area contributed by atoms with Gasteiger partial charge in [-0.2, -0.15) is 5.26 Å². The minimum absolute atomic E-state index is 0.0239. The molecule has 8 rings (SSSR count). The van der Waals surface area contributed by atoms with Crippen LogP contribution >= 0.6 is 23.2 Å². The molecule has 0 spiro atoms. The third-order valence-electron chi connectivity index (χ3n) is 11.6. The first kappa shape index (κ1) is 41.6. The Hall–Kier alpha value is -6.11. The van der Waals surface area contributed by atoms with E-state index in [1.54, 1.807) is 24.1 Å². The van der Waals surface area contributed by atoms with Gasteiger partial charge in [-0.25, -0.2) is 0 Å². The number of nitriles is 1. The molecule has 3 atom stereocenters. The number of carbonyl (C=O) groups is 2. The monoisotopic (exact) mass is 848 g/mol. The van der Waals surface area contributed by atoms with Gasteiger partial charge in [-0.05, 0) is 119 Å². The SMILES string of the molecule is CCc1ccccc1CN1Cc2cc3c(cc2CC1C(=O)N[C@@H](C)Cc1ccc(-c2ccc(C#N)cc2)cc1)N(C)C(=O)[C@H](c1ccc(OCc2ccc(Cl)c(Cl)c2)cc1)O3. The van der Waals surface area contributed by atoms with Crippen molar-refractivity contribution in [3.8, 4) is 28.7 Å². The normalized spacial score (nSPS) is 16.5. The zero-order chi connectivity index (χ0) is 42.6. The summed E-state index contributed by atoms with van der Waals surface area (Å²) < 4.78 is 12.5. The van der Waals surface area contributed by atoms with Crippen molar-refractivity contribution in [2.75, 3.05) is 11.9 Å². The highest BCUT2D eigenvalue weighted by Crippen LogP contribution is 2.42. The van der Waals surface area contributed by atoms with Crippen LogP contribution in [0.1, 0.15) is 64.5 Å². The third kappa shape index (κ3) is 9.30. The van der Waals surface area contributed by atoms with E-state index in [9.17, 15) is 9.59 Å². The molecule has 0 fully saturated rings. The lowest BCUT2D eigenvalue weighted by atomic mass is 9.90. The fourth-order valence-corrected chi connectivity index (χ4v) is 8.57. The molecule has 0 bridgehead atoms. The van der Waals surface area contributed by atoms with Gasteiger partial charge in [0.05, 0.1) is 33.4 Å². The van der Waals surface area contributed by atoms with E-state index < -0.39 is 12.1 Å². The van der Waals surface area contributed by atoms with E-state index in [1.165, 1.54) is 11.1 Å². The zero-order valence-electron chi connectivity index (χ0n) is 34.3. The molecule has 2 amide bonds. The summed E-state index contributed by atoms with van der Waals surface area (Å²) >= 11 is 12.2. The number of likely N-dealkylation sites (N-methyl/N-ethyl adjacent to an activating group) is 1. The molecular weight excluding hydrogens is 803 g/mol. The van der Waals surface area contributed by atoms with Gasteiger partial charge in [-0.1, -0.05) is 109 Å². The number of anilines is 1.